The first kappa shape index (κ1) is 16.1. The van der Waals surface area contributed by atoms with E-state index in [2.05, 4.69) is 20.7 Å². The van der Waals surface area contributed by atoms with Gasteiger partial charge < -0.3 is 0 Å². The smallest absolute Gasteiger partial charge is 0.207 e. The molecule has 3 nitrogen and oxygen atoms in total. The average molecular weight is 376 g/mol. The molecular formula is C14H12BrF2NO2S. The summed E-state index contributed by atoms with van der Waals surface area (Å²) < 4.78 is 53.9. The summed E-state index contributed by atoms with van der Waals surface area (Å²) in [6.45, 7) is 1.33. The molecule has 0 radical (unpaired) electrons. The lowest BCUT2D eigenvalue weighted by Crippen LogP contribution is -2.24. The Balaban J connectivity index is 2.26. The summed E-state index contributed by atoms with van der Waals surface area (Å²) in [4.78, 5) is 0.0914. The van der Waals surface area contributed by atoms with E-state index >= 15 is 0 Å². The van der Waals surface area contributed by atoms with Gasteiger partial charge in [0.2, 0.25) is 10.0 Å². The Hall–Kier alpha value is -1.31. The molecule has 2 aromatic rings. The molecule has 0 aromatic heterocycles. The van der Waals surface area contributed by atoms with E-state index in [4.69, 9.17) is 0 Å². The number of hydrogen-bond acceptors (Lipinski definition) is 2. The van der Waals surface area contributed by atoms with Gasteiger partial charge in [0, 0.05) is 16.6 Å². The van der Waals surface area contributed by atoms with Crippen LogP contribution in [0.4, 0.5) is 8.78 Å². The molecule has 0 amide bonds. The van der Waals surface area contributed by atoms with Crippen molar-refractivity contribution in [3.8, 4) is 0 Å². The van der Waals surface area contributed by atoms with Crippen molar-refractivity contribution in [2.24, 2.45) is 0 Å². The van der Waals surface area contributed by atoms with Crippen LogP contribution in [0.25, 0.3) is 0 Å². The van der Waals surface area contributed by atoms with Crippen LogP contribution in [0.15, 0.2) is 45.8 Å². The zero-order valence-electron chi connectivity index (χ0n) is 11.0. The van der Waals surface area contributed by atoms with E-state index in [0.29, 0.717) is 10.0 Å². The summed E-state index contributed by atoms with van der Waals surface area (Å²) in [7, 11) is -3.81. The number of sulfonamides is 1. The Kier molecular flexibility index (Phi) is 4.75. The predicted molar refractivity (Wildman–Crippen MR) is 79.3 cm³/mol. The summed E-state index contributed by atoms with van der Waals surface area (Å²) in [5, 5.41) is 0. The van der Waals surface area contributed by atoms with E-state index in [1.54, 1.807) is 19.1 Å². The van der Waals surface area contributed by atoms with Gasteiger partial charge in [0.25, 0.3) is 0 Å². The van der Waals surface area contributed by atoms with Crippen molar-refractivity contribution in [1.82, 2.24) is 4.72 Å². The molecule has 1 N–H and O–H groups in total. The van der Waals surface area contributed by atoms with Gasteiger partial charge in [0.05, 0.1) is 4.90 Å². The molecule has 0 atom stereocenters. The maximum Gasteiger partial charge on any atom is 0.241 e. The van der Waals surface area contributed by atoms with Gasteiger partial charge in [-0.25, -0.2) is 21.9 Å². The molecule has 0 fully saturated rings. The first-order chi connectivity index (χ1) is 9.79. The lowest BCUT2D eigenvalue weighted by atomic mass is 10.2. The third-order valence-corrected chi connectivity index (χ3v) is 4.94. The predicted octanol–water partition coefficient (Wildman–Crippen LogP) is 3.51. The second-order valence-corrected chi connectivity index (χ2v) is 7.12. The zero-order valence-corrected chi connectivity index (χ0v) is 13.4. The molecule has 0 spiro atoms. The lowest BCUT2D eigenvalue weighted by Gasteiger charge is -2.10. The molecule has 0 saturated carbocycles. The van der Waals surface area contributed by atoms with Crippen LogP contribution in [0.2, 0.25) is 0 Å². The second kappa shape index (κ2) is 6.21. The summed E-state index contributed by atoms with van der Waals surface area (Å²) in [6, 6.07) is 7.74. The van der Waals surface area contributed by atoms with Crippen molar-refractivity contribution in [2.75, 3.05) is 0 Å². The highest BCUT2D eigenvalue weighted by atomic mass is 79.9. The molecule has 0 aliphatic carbocycles. The highest BCUT2D eigenvalue weighted by Crippen LogP contribution is 2.21. The molecule has 21 heavy (non-hydrogen) atoms. The third-order valence-electron chi connectivity index (χ3n) is 2.90. The Morgan fingerprint density at radius 1 is 1.14 bits per heavy atom. The van der Waals surface area contributed by atoms with Crippen LogP contribution in [-0.2, 0) is 16.6 Å². The topological polar surface area (TPSA) is 46.2 Å². The van der Waals surface area contributed by atoms with Crippen LogP contribution in [0.5, 0.6) is 0 Å². The lowest BCUT2D eigenvalue weighted by molar-refractivity contribution is 0.566. The van der Waals surface area contributed by atoms with Crippen molar-refractivity contribution < 1.29 is 17.2 Å². The standard InChI is InChI=1S/C14H12BrF2NO2S/c1-9-2-3-11(15)7-14(9)21(19,20)18-8-10-6-12(16)4-5-13(10)17/h2-7,18H,8H2,1H3. The van der Waals surface area contributed by atoms with Crippen LogP contribution in [0.1, 0.15) is 11.1 Å². The van der Waals surface area contributed by atoms with Gasteiger partial charge >= 0.3 is 0 Å². The quantitative estimate of drug-likeness (QED) is 0.888. The minimum absolute atomic E-state index is 0.0498. The fourth-order valence-corrected chi connectivity index (χ4v) is 3.58. The number of aryl methyl sites for hydroxylation is 1. The first-order valence-corrected chi connectivity index (χ1v) is 8.27. The molecular weight excluding hydrogens is 364 g/mol. The van der Waals surface area contributed by atoms with Crippen LogP contribution in [0, 0.1) is 18.6 Å². The Labute approximate surface area is 130 Å². The van der Waals surface area contributed by atoms with E-state index in [-0.39, 0.29) is 17.0 Å². The maximum atomic E-state index is 13.5. The molecule has 2 rings (SSSR count). The van der Waals surface area contributed by atoms with Gasteiger partial charge in [-0.15, -0.1) is 0 Å². The number of nitrogens with one attached hydrogen (secondary N) is 1. The van der Waals surface area contributed by atoms with Crippen LogP contribution >= 0.6 is 15.9 Å². The van der Waals surface area contributed by atoms with E-state index < -0.39 is 21.7 Å². The summed E-state index contributed by atoms with van der Waals surface area (Å²) in [5.74, 6) is -1.28. The van der Waals surface area contributed by atoms with Gasteiger partial charge in [-0.3, -0.25) is 0 Å². The minimum Gasteiger partial charge on any atom is -0.207 e. The molecule has 0 unspecified atom stereocenters. The molecule has 112 valence electrons. The van der Waals surface area contributed by atoms with Gasteiger partial charge in [-0.1, -0.05) is 22.0 Å². The molecule has 0 saturated heterocycles. The van der Waals surface area contributed by atoms with Crippen LogP contribution < -0.4 is 4.72 Å². The molecule has 0 aliphatic rings. The van der Waals surface area contributed by atoms with Crippen molar-refractivity contribution in [1.29, 1.82) is 0 Å². The molecule has 2 aromatic carbocycles. The van der Waals surface area contributed by atoms with Gasteiger partial charge in [0.15, 0.2) is 0 Å². The summed E-state index contributed by atoms with van der Waals surface area (Å²) in [6.07, 6.45) is 0. The van der Waals surface area contributed by atoms with E-state index in [1.807, 2.05) is 0 Å². The van der Waals surface area contributed by atoms with Gasteiger partial charge in [0.1, 0.15) is 11.6 Å². The molecule has 0 bridgehead atoms. The fraction of sp³-hybridized carbons (Fsp3) is 0.143. The van der Waals surface area contributed by atoms with Crippen molar-refractivity contribution in [3.05, 3.63) is 63.6 Å². The minimum atomic E-state index is -3.81. The second-order valence-electron chi connectivity index (χ2n) is 4.47. The van der Waals surface area contributed by atoms with Crippen molar-refractivity contribution in [3.63, 3.8) is 0 Å². The third kappa shape index (κ3) is 3.87. The highest BCUT2D eigenvalue weighted by Gasteiger charge is 2.17. The Morgan fingerprint density at radius 3 is 2.57 bits per heavy atom. The van der Waals surface area contributed by atoms with Crippen LogP contribution in [0.3, 0.4) is 0 Å². The monoisotopic (exact) mass is 375 g/mol. The molecule has 0 aliphatic heterocycles. The maximum absolute atomic E-state index is 13.5. The average Bonchev–Trinajstić information content (AvgIpc) is 2.42. The molecule has 7 heteroatoms. The van der Waals surface area contributed by atoms with Gasteiger partial charge in [-0.05, 0) is 42.8 Å². The summed E-state index contributed by atoms with van der Waals surface area (Å²) in [5.41, 5.74) is 0.511. The summed E-state index contributed by atoms with van der Waals surface area (Å²) >= 11 is 3.20. The Morgan fingerprint density at radius 2 is 1.86 bits per heavy atom. The van der Waals surface area contributed by atoms with Crippen molar-refractivity contribution in [2.45, 2.75) is 18.4 Å². The fourth-order valence-electron chi connectivity index (χ4n) is 1.79. The Bertz CT molecular complexity index is 779. The largest absolute Gasteiger partial charge is 0.241 e. The van der Waals surface area contributed by atoms with E-state index in [1.165, 1.54) is 6.07 Å². The number of halogens is 3. The number of benzene rings is 2. The normalized spacial score (nSPS) is 11.6. The van der Waals surface area contributed by atoms with E-state index in [9.17, 15) is 17.2 Å². The number of hydrogen-bond donors (Lipinski definition) is 1. The first-order valence-electron chi connectivity index (χ1n) is 5.99. The molecule has 0 heterocycles. The zero-order chi connectivity index (χ0) is 15.6. The van der Waals surface area contributed by atoms with E-state index in [0.717, 1.165) is 18.2 Å². The van der Waals surface area contributed by atoms with Crippen molar-refractivity contribution >= 4 is 26.0 Å². The number of rotatable bonds is 4. The SMILES string of the molecule is Cc1ccc(Br)cc1S(=O)(=O)NCc1cc(F)ccc1F. The van der Waals surface area contributed by atoms with Gasteiger partial charge in [-0.2, -0.15) is 0 Å². The van der Waals surface area contributed by atoms with Crippen LogP contribution in [-0.4, -0.2) is 8.42 Å². The highest BCUT2D eigenvalue weighted by molar-refractivity contribution is 9.10.